The predicted molar refractivity (Wildman–Crippen MR) is 49.7 cm³/mol. The molecule has 1 aliphatic rings. The molecule has 74 valence electrons. The fourth-order valence-corrected chi connectivity index (χ4v) is 1.05. The summed E-state index contributed by atoms with van der Waals surface area (Å²) in [6.45, 7) is 0. The minimum atomic E-state index is -0.524. The fraction of sp³-hybridized carbons (Fsp3) is 0.429. The number of hydrogen-bond acceptors (Lipinski definition) is 6. The third kappa shape index (κ3) is 1.70. The molecular formula is C7H9N5O2. The first-order valence-electron chi connectivity index (χ1n) is 4.20. The van der Waals surface area contributed by atoms with E-state index >= 15 is 0 Å². The smallest absolute Gasteiger partial charge is 0.329 e. The summed E-state index contributed by atoms with van der Waals surface area (Å²) in [5, 5.41) is 13.5. The average molecular weight is 195 g/mol. The van der Waals surface area contributed by atoms with Gasteiger partial charge in [-0.05, 0) is 12.8 Å². The van der Waals surface area contributed by atoms with E-state index in [0.29, 0.717) is 6.04 Å². The normalized spacial score (nSPS) is 15.1. The molecular weight excluding hydrogens is 186 g/mol. The Hall–Kier alpha value is -1.92. The Morgan fingerprint density at radius 3 is 2.93 bits per heavy atom. The second kappa shape index (κ2) is 3.09. The molecule has 0 saturated heterocycles. The van der Waals surface area contributed by atoms with Crippen LogP contribution in [-0.2, 0) is 0 Å². The van der Waals surface area contributed by atoms with Crippen LogP contribution in [0.4, 0.5) is 17.5 Å². The molecule has 0 aromatic carbocycles. The van der Waals surface area contributed by atoms with E-state index < -0.39 is 4.92 Å². The topological polar surface area (TPSA) is 107 Å². The number of nitrogen functional groups attached to an aromatic ring is 1. The van der Waals surface area contributed by atoms with E-state index in [-0.39, 0.29) is 17.5 Å². The Bertz CT molecular complexity index is 376. The van der Waals surface area contributed by atoms with Gasteiger partial charge in [-0.3, -0.25) is 10.1 Å². The van der Waals surface area contributed by atoms with Gasteiger partial charge in [-0.25, -0.2) is 4.98 Å². The molecule has 0 unspecified atom stereocenters. The lowest BCUT2D eigenvalue weighted by Gasteiger charge is -2.03. The van der Waals surface area contributed by atoms with Gasteiger partial charge in [0, 0.05) is 6.04 Å². The molecule has 1 saturated carbocycles. The van der Waals surface area contributed by atoms with E-state index in [1.54, 1.807) is 0 Å². The summed E-state index contributed by atoms with van der Waals surface area (Å²) in [6.07, 6.45) is 3.15. The van der Waals surface area contributed by atoms with Crippen LogP contribution in [0, 0.1) is 10.1 Å². The molecule has 1 aromatic heterocycles. The van der Waals surface area contributed by atoms with Crippen LogP contribution in [0.15, 0.2) is 6.20 Å². The van der Waals surface area contributed by atoms with Gasteiger partial charge in [-0.2, -0.15) is 4.98 Å². The number of aromatic nitrogens is 2. The van der Waals surface area contributed by atoms with Crippen LogP contribution >= 0.6 is 0 Å². The van der Waals surface area contributed by atoms with Gasteiger partial charge in [-0.15, -0.1) is 0 Å². The molecule has 1 fully saturated rings. The Balaban J connectivity index is 2.31. The molecule has 0 amide bonds. The monoisotopic (exact) mass is 195 g/mol. The fourth-order valence-electron chi connectivity index (χ4n) is 1.05. The van der Waals surface area contributed by atoms with Gasteiger partial charge in [-0.1, -0.05) is 0 Å². The Morgan fingerprint density at radius 1 is 1.64 bits per heavy atom. The molecule has 0 spiro atoms. The van der Waals surface area contributed by atoms with Gasteiger partial charge in [0.05, 0.1) is 4.92 Å². The lowest BCUT2D eigenvalue weighted by Crippen LogP contribution is -2.08. The molecule has 0 atom stereocenters. The number of nitro groups is 1. The van der Waals surface area contributed by atoms with E-state index in [2.05, 4.69) is 15.3 Å². The first kappa shape index (κ1) is 8.67. The van der Waals surface area contributed by atoms with Crippen molar-refractivity contribution in [3.8, 4) is 0 Å². The number of nitrogens with one attached hydrogen (secondary N) is 1. The summed E-state index contributed by atoms with van der Waals surface area (Å²) in [7, 11) is 0. The highest BCUT2D eigenvalue weighted by Crippen LogP contribution is 2.28. The summed E-state index contributed by atoms with van der Waals surface area (Å²) >= 11 is 0. The zero-order valence-electron chi connectivity index (χ0n) is 7.30. The highest BCUT2D eigenvalue weighted by molar-refractivity contribution is 5.57. The second-order valence-electron chi connectivity index (χ2n) is 3.14. The van der Waals surface area contributed by atoms with Crippen LogP contribution in [-0.4, -0.2) is 20.9 Å². The highest BCUT2D eigenvalue weighted by atomic mass is 16.6. The molecule has 0 radical (unpaired) electrons. The van der Waals surface area contributed by atoms with Crippen molar-refractivity contribution < 1.29 is 4.92 Å². The zero-order chi connectivity index (χ0) is 10.1. The molecule has 7 nitrogen and oxygen atoms in total. The maximum absolute atomic E-state index is 10.6. The van der Waals surface area contributed by atoms with Crippen molar-refractivity contribution in [1.29, 1.82) is 0 Å². The highest BCUT2D eigenvalue weighted by Gasteiger charge is 2.26. The van der Waals surface area contributed by atoms with Crippen molar-refractivity contribution in [1.82, 2.24) is 9.97 Å². The summed E-state index contributed by atoms with van der Waals surface area (Å²) in [4.78, 5) is 17.4. The summed E-state index contributed by atoms with van der Waals surface area (Å²) < 4.78 is 0. The minimum absolute atomic E-state index is 0.0405. The minimum Gasteiger partial charge on any atom is -0.368 e. The maximum Gasteiger partial charge on any atom is 0.329 e. The molecule has 1 aliphatic carbocycles. The van der Waals surface area contributed by atoms with Gasteiger partial charge in [0.25, 0.3) is 0 Å². The SMILES string of the molecule is Nc1ncc([N+](=O)[O-])c(NC2CC2)n1. The van der Waals surface area contributed by atoms with E-state index in [1.807, 2.05) is 0 Å². The van der Waals surface area contributed by atoms with Gasteiger partial charge < -0.3 is 11.1 Å². The van der Waals surface area contributed by atoms with Crippen LogP contribution in [0.2, 0.25) is 0 Å². The Kier molecular flexibility index (Phi) is 1.91. The van der Waals surface area contributed by atoms with Gasteiger partial charge in [0.1, 0.15) is 6.20 Å². The lowest BCUT2D eigenvalue weighted by molar-refractivity contribution is -0.384. The Morgan fingerprint density at radius 2 is 2.36 bits per heavy atom. The maximum atomic E-state index is 10.6. The van der Waals surface area contributed by atoms with Crippen molar-refractivity contribution in [3.63, 3.8) is 0 Å². The average Bonchev–Trinajstić information content (AvgIpc) is 2.87. The molecule has 0 aliphatic heterocycles. The quantitative estimate of drug-likeness (QED) is 0.538. The standard InChI is InChI=1S/C7H9N5O2/c8-7-9-3-5(12(13)14)6(11-7)10-4-1-2-4/h3-4H,1-2H2,(H3,8,9,10,11). The summed E-state index contributed by atoms with van der Waals surface area (Å²) in [5.74, 6) is 0.253. The van der Waals surface area contributed by atoms with E-state index in [4.69, 9.17) is 5.73 Å². The molecule has 14 heavy (non-hydrogen) atoms. The molecule has 0 bridgehead atoms. The van der Waals surface area contributed by atoms with Crippen molar-refractivity contribution in [3.05, 3.63) is 16.3 Å². The van der Waals surface area contributed by atoms with Crippen molar-refractivity contribution >= 4 is 17.5 Å². The van der Waals surface area contributed by atoms with Crippen LogP contribution in [0.5, 0.6) is 0 Å². The molecule has 3 N–H and O–H groups in total. The number of nitrogens with zero attached hydrogens (tertiary/aromatic N) is 3. The number of nitrogens with two attached hydrogens (primary N) is 1. The second-order valence-corrected chi connectivity index (χ2v) is 3.14. The molecule has 2 rings (SSSR count). The van der Waals surface area contributed by atoms with Crippen LogP contribution in [0.3, 0.4) is 0 Å². The van der Waals surface area contributed by atoms with Gasteiger partial charge in [0.15, 0.2) is 0 Å². The van der Waals surface area contributed by atoms with Crippen LogP contribution < -0.4 is 11.1 Å². The molecule has 1 aromatic rings. The summed E-state index contributed by atoms with van der Waals surface area (Å²) in [6, 6.07) is 0.294. The first-order chi connectivity index (χ1) is 6.66. The largest absolute Gasteiger partial charge is 0.368 e. The van der Waals surface area contributed by atoms with Crippen molar-refractivity contribution in [2.75, 3.05) is 11.1 Å². The third-order valence-electron chi connectivity index (χ3n) is 1.90. The van der Waals surface area contributed by atoms with Crippen LogP contribution in [0.1, 0.15) is 12.8 Å². The number of rotatable bonds is 3. The van der Waals surface area contributed by atoms with Gasteiger partial charge >= 0.3 is 5.69 Å². The van der Waals surface area contributed by atoms with Crippen molar-refractivity contribution in [2.24, 2.45) is 0 Å². The van der Waals surface area contributed by atoms with E-state index in [9.17, 15) is 10.1 Å². The van der Waals surface area contributed by atoms with Crippen LogP contribution in [0.25, 0.3) is 0 Å². The number of hydrogen-bond donors (Lipinski definition) is 2. The lowest BCUT2D eigenvalue weighted by atomic mass is 10.4. The summed E-state index contributed by atoms with van der Waals surface area (Å²) in [5.41, 5.74) is 5.21. The van der Waals surface area contributed by atoms with Crippen molar-refractivity contribution in [2.45, 2.75) is 18.9 Å². The van der Waals surface area contributed by atoms with Gasteiger partial charge in [0.2, 0.25) is 11.8 Å². The predicted octanol–water partition coefficient (Wildman–Crippen LogP) is 0.541. The molecule has 1 heterocycles. The molecule has 7 heteroatoms. The zero-order valence-corrected chi connectivity index (χ0v) is 7.30. The Labute approximate surface area is 79.5 Å². The third-order valence-corrected chi connectivity index (χ3v) is 1.90. The number of anilines is 2. The first-order valence-corrected chi connectivity index (χ1v) is 4.20. The van der Waals surface area contributed by atoms with E-state index in [0.717, 1.165) is 19.0 Å². The van der Waals surface area contributed by atoms with E-state index in [1.165, 1.54) is 0 Å².